The molecule has 3 aliphatic rings. The summed E-state index contributed by atoms with van der Waals surface area (Å²) in [6.45, 7) is 7.01. The number of amides is 1. The summed E-state index contributed by atoms with van der Waals surface area (Å²) in [5.41, 5.74) is 5.92. The van der Waals surface area contributed by atoms with E-state index < -0.39 is 0 Å². The summed E-state index contributed by atoms with van der Waals surface area (Å²) in [5.74, 6) is 0.324. The van der Waals surface area contributed by atoms with Crippen molar-refractivity contribution in [2.24, 2.45) is 5.73 Å². The molecule has 21 heavy (non-hydrogen) atoms. The van der Waals surface area contributed by atoms with Crippen LogP contribution < -0.4 is 5.73 Å². The van der Waals surface area contributed by atoms with E-state index in [4.69, 9.17) is 5.73 Å². The fourth-order valence-corrected chi connectivity index (χ4v) is 3.99. The van der Waals surface area contributed by atoms with E-state index >= 15 is 0 Å². The third-order valence-corrected chi connectivity index (χ3v) is 5.47. The maximum absolute atomic E-state index is 12.4. The second-order valence-electron chi connectivity index (χ2n) is 6.97. The molecule has 0 spiro atoms. The van der Waals surface area contributed by atoms with Crippen molar-refractivity contribution in [1.82, 2.24) is 14.7 Å². The van der Waals surface area contributed by atoms with Gasteiger partial charge in [0, 0.05) is 38.3 Å². The summed E-state index contributed by atoms with van der Waals surface area (Å²) in [6, 6.07) is 1.07. The molecular weight excluding hydrogens is 264 g/mol. The Balaban J connectivity index is 1.40. The molecule has 3 heterocycles. The van der Waals surface area contributed by atoms with Crippen molar-refractivity contribution in [2.75, 3.05) is 45.8 Å². The average molecular weight is 294 g/mol. The van der Waals surface area contributed by atoms with Gasteiger partial charge in [-0.3, -0.25) is 9.69 Å². The predicted molar refractivity (Wildman–Crippen MR) is 84.1 cm³/mol. The Labute approximate surface area is 128 Å². The summed E-state index contributed by atoms with van der Waals surface area (Å²) in [5, 5.41) is 0. The second-order valence-corrected chi connectivity index (χ2v) is 6.97. The molecule has 0 radical (unpaired) electrons. The van der Waals surface area contributed by atoms with Gasteiger partial charge in [-0.15, -0.1) is 0 Å². The lowest BCUT2D eigenvalue weighted by atomic mass is 10.0. The summed E-state index contributed by atoms with van der Waals surface area (Å²) in [6.07, 6.45) is 7.11. The van der Waals surface area contributed by atoms with E-state index in [1.807, 2.05) is 0 Å². The molecule has 0 aromatic carbocycles. The van der Waals surface area contributed by atoms with E-state index in [0.717, 1.165) is 57.9 Å². The average Bonchev–Trinajstić information content (AvgIpc) is 3.04. The molecule has 0 unspecified atom stereocenters. The smallest absolute Gasteiger partial charge is 0.236 e. The van der Waals surface area contributed by atoms with E-state index in [-0.39, 0.29) is 0 Å². The van der Waals surface area contributed by atoms with Gasteiger partial charge in [-0.25, -0.2) is 0 Å². The summed E-state index contributed by atoms with van der Waals surface area (Å²) < 4.78 is 0. The van der Waals surface area contributed by atoms with Crippen LogP contribution in [0.1, 0.15) is 38.5 Å². The molecule has 0 aromatic rings. The van der Waals surface area contributed by atoms with Gasteiger partial charge in [-0.1, -0.05) is 0 Å². The van der Waals surface area contributed by atoms with Crippen molar-refractivity contribution in [3.8, 4) is 0 Å². The molecule has 3 saturated heterocycles. The molecule has 1 amide bonds. The van der Waals surface area contributed by atoms with Gasteiger partial charge in [0.05, 0.1) is 6.54 Å². The van der Waals surface area contributed by atoms with Crippen LogP contribution in [0.4, 0.5) is 0 Å². The maximum Gasteiger partial charge on any atom is 0.236 e. The van der Waals surface area contributed by atoms with E-state index in [1.165, 1.54) is 25.9 Å². The largest absolute Gasteiger partial charge is 0.341 e. The normalized spacial score (nSPS) is 27.4. The molecule has 0 atom stereocenters. The number of piperidine rings is 2. The van der Waals surface area contributed by atoms with Crippen LogP contribution in [0.5, 0.6) is 0 Å². The van der Waals surface area contributed by atoms with Gasteiger partial charge >= 0.3 is 0 Å². The molecule has 0 aromatic heterocycles. The predicted octanol–water partition coefficient (Wildman–Crippen LogP) is 0.496. The number of likely N-dealkylation sites (tertiary alicyclic amines) is 3. The molecule has 120 valence electrons. The number of carbonyl (C=O) groups is 1. The van der Waals surface area contributed by atoms with Crippen LogP contribution in [-0.4, -0.2) is 78.5 Å². The van der Waals surface area contributed by atoms with Crippen molar-refractivity contribution in [1.29, 1.82) is 0 Å². The Morgan fingerprint density at radius 2 is 1.52 bits per heavy atom. The maximum atomic E-state index is 12.4. The number of nitrogens with zero attached hydrogens (tertiary/aromatic N) is 3. The van der Waals surface area contributed by atoms with E-state index in [2.05, 4.69) is 14.7 Å². The van der Waals surface area contributed by atoms with Crippen LogP contribution >= 0.6 is 0 Å². The highest BCUT2D eigenvalue weighted by atomic mass is 16.2. The molecule has 0 bridgehead atoms. The van der Waals surface area contributed by atoms with Gasteiger partial charge in [0.1, 0.15) is 0 Å². The third kappa shape index (κ3) is 3.96. The lowest BCUT2D eigenvalue weighted by Gasteiger charge is -2.38. The van der Waals surface area contributed by atoms with Gasteiger partial charge in [0.25, 0.3) is 0 Å². The van der Waals surface area contributed by atoms with E-state index in [1.54, 1.807) is 0 Å². The fraction of sp³-hybridized carbons (Fsp3) is 0.938. The first kappa shape index (κ1) is 15.3. The number of rotatable bonds is 3. The molecule has 3 fully saturated rings. The second kappa shape index (κ2) is 7.07. The van der Waals surface area contributed by atoms with Crippen molar-refractivity contribution in [3.63, 3.8) is 0 Å². The zero-order valence-corrected chi connectivity index (χ0v) is 13.2. The molecule has 5 heteroatoms. The zero-order chi connectivity index (χ0) is 14.7. The number of carbonyl (C=O) groups excluding carboxylic acids is 1. The first-order valence-electron chi connectivity index (χ1n) is 8.72. The Morgan fingerprint density at radius 3 is 2.14 bits per heavy atom. The first-order chi connectivity index (χ1) is 10.2. The van der Waals surface area contributed by atoms with Gasteiger partial charge in [-0.2, -0.15) is 0 Å². The molecule has 3 aliphatic heterocycles. The van der Waals surface area contributed by atoms with Gasteiger partial charge in [0.15, 0.2) is 0 Å². The van der Waals surface area contributed by atoms with Crippen molar-refractivity contribution < 1.29 is 4.79 Å². The summed E-state index contributed by atoms with van der Waals surface area (Å²) >= 11 is 0. The van der Waals surface area contributed by atoms with Crippen molar-refractivity contribution in [3.05, 3.63) is 0 Å². The molecule has 2 N–H and O–H groups in total. The SMILES string of the molecule is NC1CCN(CC(=O)N2CCC(N3CCCC3)CC2)CC1. The minimum Gasteiger partial charge on any atom is -0.341 e. The summed E-state index contributed by atoms with van der Waals surface area (Å²) in [4.78, 5) is 19.4. The third-order valence-electron chi connectivity index (χ3n) is 5.47. The monoisotopic (exact) mass is 294 g/mol. The highest BCUT2D eigenvalue weighted by molar-refractivity contribution is 5.78. The molecule has 5 nitrogen and oxygen atoms in total. The zero-order valence-electron chi connectivity index (χ0n) is 13.2. The van der Waals surface area contributed by atoms with Crippen LogP contribution in [0.2, 0.25) is 0 Å². The van der Waals surface area contributed by atoms with Gasteiger partial charge in [0.2, 0.25) is 5.91 Å². The van der Waals surface area contributed by atoms with Gasteiger partial charge in [-0.05, 0) is 51.6 Å². The van der Waals surface area contributed by atoms with Crippen LogP contribution in [0, 0.1) is 0 Å². The first-order valence-corrected chi connectivity index (χ1v) is 8.72. The Bertz CT molecular complexity index is 340. The Morgan fingerprint density at radius 1 is 0.905 bits per heavy atom. The van der Waals surface area contributed by atoms with Crippen LogP contribution in [-0.2, 0) is 4.79 Å². The van der Waals surface area contributed by atoms with E-state index in [9.17, 15) is 4.79 Å². The lowest BCUT2D eigenvalue weighted by Crippen LogP contribution is -2.50. The quantitative estimate of drug-likeness (QED) is 0.823. The topological polar surface area (TPSA) is 52.8 Å². The Hall–Kier alpha value is -0.650. The molecule has 0 aliphatic carbocycles. The number of hydrogen-bond donors (Lipinski definition) is 1. The lowest BCUT2D eigenvalue weighted by molar-refractivity contribution is -0.134. The standard InChI is InChI=1S/C16H30N4O/c17-14-3-9-18(10-4-14)13-16(21)20-11-5-15(6-12-20)19-7-1-2-8-19/h14-15H,1-13,17H2. The highest BCUT2D eigenvalue weighted by Crippen LogP contribution is 2.21. The number of hydrogen-bond acceptors (Lipinski definition) is 4. The van der Waals surface area contributed by atoms with Crippen LogP contribution in [0.25, 0.3) is 0 Å². The van der Waals surface area contributed by atoms with Crippen molar-refractivity contribution >= 4 is 5.91 Å². The van der Waals surface area contributed by atoms with Gasteiger partial charge < -0.3 is 15.5 Å². The molecule has 0 saturated carbocycles. The van der Waals surface area contributed by atoms with E-state index in [0.29, 0.717) is 18.5 Å². The molecule has 3 rings (SSSR count). The van der Waals surface area contributed by atoms with Crippen molar-refractivity contribution in [2.45, 2.75) is 50.6 Å². The Kier molecular flexibility index (Phi) is 5.14. The highest BCUT2D eigenvalue weighted by Gasteiger charge is 2.29. The fourth-order valence-electron chi connectivity index (χ4n) is 3.99. The van der Waals surface area contributed by atoms with Crippen LogP contribution in [0.15, 0.2) is 0 Å². The molecular formula is C16H30N4O. The summed E-state index contributed by atoms with van der Waals surface area (Å²) in [7, 11) is 0. The minimum absolute atomic E-state index is 0.324. The number of nitrogens with two attached hydrogens (primary N) is 1. The minimum atomic E-state index is 0.324. The van der Waals surface area contributed by atoms with Crippen LogP contribution in [0.3, 0.4) is 0 Å².